The number of ether oxygens (including phenoxy) is 1. The lowest BCUT2D eigenvalue weighted by Gasteiger charge is -2.40. The van der Waals surface area contributed by atoms with Crippen LogP contribution in [0.2, 0.25) is 0 Å². The van der Waals surface area contributed by atoms with Crippen LogP contribution >= 0.6 is 0 Å². The molecule has 2 aliphatic heterocycles. The van der Waals surface area contributed by atoms with Gasteiger partial charge in [-0.2, -0.15) is 0 Å². The van der Waals surface area contributed by atoms with Gasteiger partial charge in [-0.15, -0.1) is 0 Å². The number of hydrogen-bond donors (Lipinski definition) is 0. The lowest BCUT2D eigenvalue weighted by Crippen LogP contribution is -2.43. The zero-order valence-electron chi connectivity index (χ0n) is 17.0. The van der Waals surface area contributed by atoms with E-state index in [9.17, 15) is 14.0 Å². The normalized spacial score (nSPS) is 30.9. The second-order valence-electron chi connectivity index (χ2n) is 8.76. The first-order valence-corrected chi connectivity index (χ1v) is 10.5. The first-order valence-electron chi connectivity index (χ1n) is 10.5. The molecule has 1 fully saturated rings. The molecular weight excluding hydrogens is 385 g/mol. The average molecular weight is 409 g/mol. The van der Waals surface area contributed by atoms with Crippen LogP contribution in [0.3, 0.4) is 0 Å². The Labute approximate surface area is 174 Å². The van der Waals surface area contributed by atoms with E-state index in [1.54, 1.807) is 35.4 Å². The minimum Gasteiger partial charge on any atom is -0.483 e. The van der Waals surface area contributed by atoms with E-state index in [0.717, 1.165) is 12.8 Å². The number of rotatable bonds is 3. The molecule has 3 aliphatic rings. The molecule has 0 N–H and O–H groups in total. The van der Waals surface area contributed by atoms with Crippen LogP contribution in [0, 0.1) is 23.6 Å². The van der Waals surface area contributed by atoms with Crippen LogP contribution in [0.25, 0.3) is 0 Å². The number of benzene rings is 1. The number of ketones is 1. The Kier molecular flexibility index (Phi) is 4.53. The van der Waals surface area contributed by atoms with Crippen molar-refractivity contribution in [2.45, 2.75) is 45.4 Å². The highest BCUT2D eigenvalue weighted by Crippen LogP contribution is 2.48. The summed E-state index contributed by atoms with van der Waals surface area (Å²) < 4.78 is 25.2. The second-order valence-corrected chi connectivity index (χ2v) is 8.76. The molecule has 1 saturated carbocycles. The number of hydrogen-bond acceptors (Lipinski definition) is 4. The number of fused-ring (bicyclic) bond motifs is 1. The largest absolute Gasteiger partial charge is 0.483 e. The monoisotopic (exact) mass is 409 g/mol. The third-order valence-electron chi connectivity index (χ3n) is 6.90. The SMILES string of the molecule is CC1CC2OC3=C(C(=O)C2CC1C)C(c1ccc(F)cc1)N(Cc1ccco1)C3=O. The summed E-state index contributed by atoms with van der Waals surface area (Å²) in [4.78, 5) is 28.6. The van der Waals surface area contributed by atoms with Crippen LogP contribution in [0.15, 0.2) is 58.4 Å². The predicted octanol–water partition coefficient (Wildman–Crippen LogP) is 4.41. The van der Waals surface area contributed by atoms with Crippen molar-refractivity contribution in [3.8, 4) is 0 Å². The molecule has 1 aromatic carbocycles. The van der Waals surface area contributed by atoms with Crippen molar-refractivity contribution >= 4 is 11.7 Å². The van der Waals surface area contributed by atoms with Gasteiger partial charge in [-0.25, -0.2) is 4.39 Å². The van der Waals surface area contributed by atoms with Gasteiger partial charge in [0.05, 0.1) is 30.3 Å². The Morgan fingerprint density at radius 1 is 1.07 bits per heavy atom. The number of nitrogens with zero attached hydrogens (tertiary/aromatic N) is 1. The Morgan fingerprint density at radius 3 is 2.50 bits per heavy atom. The molecule has 0 spiro atoms. The topological polar surface area (TPSA) is 59.8 Å². The zero-order chi connectivity index (χ0) is 21.0. The van der Waals surface area contributed by atoms with Crippen LogP contribution in [-0.2, 0) is 20.9 Å². The fourth-order valence-corrected chi connectivity index (χ4v) is 5.03. The number of furan rings is 1. The Bertz CT molecular complexity index is 1010. The molecular formula is C24H24FNO4. The minimum absolute atomic E-state index is 0.00961. The van der Waals surface area contributed by atoms with E-state index in [-0.39, 0.29) is 41.8 Å². The number of halogens is 1. The second kappa shape index (κ2) is 7.11. The van der Waals surface area contributed by atoms with Gasteiger partial charge in [0.2, 0.25) is 0 Å². The smallest absolute Gasteiger partial charge is 0.290 e. The summed E-state index contributed by atoms with van der Waals surface area (Å²) in [6.45, 7) is 4.54. The summed E-state index contributed by atoms with van der Waals surface area (Å²) in [5, 5.41) is 0. The maximum atomic E-state index is 13.6. The Hall–Kier alpha value is -2.89. The van der Waals surface area contributed by atoms with E-state index in [2.05, 4.69) is 13.8 Å². The Morgan fingerprint density at radius 2 is 1.80 bits per heavy atom. The van der Waals surface area contributed by atoms with Gasteiger partial charge in [0.25, 0.3) is 5.91 Å². The van der Waals surface area contributed by atoms with Gasteiger partial charge in [-0.1, -0.05) is 26.0 Å². The molecule has 1 aliphatic carbocycles. The summed E-state index contributed by atoms with van der Waals surface area (Å²) >= 11 is 0. The van der Waals surface area contributed by atoms with Gasteiger partial charge in [-0.05, 0) is 54.5 Å². The van der Waals surface area contributed by atoms with Gasteiger partial charge in [0.15, 0.2) is 11.5 Å². The van der Waals surface area contributed by atoms with Gasteiger partial charge in [0.1, 0.15) is 17.7 Å². The summed E-state index contributed by atoms with van der Waals surface area (Å²) in [5.74, 6) is 0.696. The molecule has 0 radical (unpaired) electrons. The summed E-state index contributed by atoms with van der Waals surface area (Å²) in [6, 6.07) is 8.90. The molecule has 0 bridgehead atoms. The molecule has 3 heterocycles. The van der Waals surface area contributed by atoms with E-state index in [0.29, 0.717) is 28.7 Å². The number of carbonyl (C=O) groups is 2. The maximum absolute atomic E-state index is 13.6. The van der Waals surface area contributed by atoms with Crippen molar-refractivity contribution in [2.75, 3.05) is 0 Å². The van der Waals surface area contributed by atoms with E-state index in [1.165, 1.54) is 12.1 Å². The van der Waals surface area contributed by atoms with E-state index in [1.807, 2.05) is 0 Å². The highest BCUT2D eigenvalue weighted by molar-refractivity contribution is 6.11. The molecule has 5 rings (SSSR count). The van der Waals surface area contributed by atoms with Crippen molar-refractivity contribution in [3.63, 3.8) is 0 Å². The third kappa shape index (κ3) is 2.97. The van der Waals surface area contributed by atoms with Crippen LogP contribution in [-0.4, -0.2) is 22.7 Å². The quantitative estimate of drug-likeness (QED) is 0.754. The van der Waals surface area contributed by atoms with Crippen molar-refractivity contribution in [1.29, 1.82) is 0 Å². The molecule has 1 amide bonds. The van der Waals surface area contributed by atoms with E-state index in [4.69, 9.17) is 9.15 Å². The highest BCUT2D eigenvalue weighted by Gasteiger charge is 2.53. The van der Waals surface area contributed by atoms with E-state index >= 15 is 0 Å². The number of amides is 1. The van der Waals surface area contributed by atoms with Crippen molar-refractivity contribution in [1.82, 2.24) is 4.90 Å². The highest BCUT2D eigenvalue weighted by atomic mass is 19.1. The van der Waals surface area contributed by atoms with Crippen LogP contribution in [0.4, 0.5) is 4.39 Å². The predicted molar refractivity (Wildman–Crippen MR) is 106 cm³/mol. The van der Waals surface area contributed by atoms with Gasteiger partial charge < -0.3 is 14.1 Å². The molecule has 30 heavy (non-hydrogen) atoms. The van der Waals surface area contributed by atoms with Crippen molar-refractivity contribution in [3.05, 3.63) is 71.1 Å². The van der Waals surface area contributed by atoms with Crippen LogP contribution in [0.1, 0.15) is 44.1 Å². The van der Waals surface area contributed by atoms with E-state index < -0.39 is 6.04 Å². The average Bonchev–Trinajstić information content (AvgIpc) is 3.33. The number of Topliss-reactive ketones (excluding diaryl/α,β-unsaturated/α-hetero) is 1. The zero-order valence-corrected chi connectivity index (χ0v) is 17.0. The molecule has 6 heteroatoms. The molecule has 156 valence electrons. The summed E-state index contributed by atoms with van der Waals surface area (Å²) in [7, 11) is 0. The maximum Gasteiger partial charge on any atom is 0.290 e. The number of carbonyl (C=O) groups excluding carboxylic acids is 2. The molecule has 5 nitrogen and oxygen atoms in total. The fraction of sp³-hybridized carbons (Fsp3) is 0.417. The first kappa shape index (κ1) is 19.1. The lowest BCUT2D eigenvalue weighted by molar-refractivity contribution is -0.137. The Balaban J connectivity index is 1.57. The molecule has 1 aromatic heterocycles. The van der Waals surface area contributed by atoms with Gasteiger partial charge in [0, 0.05) is 0 Å². The fourth-order valence-electron chi connectivity index (χ4n) is 5.03. The lowest BCUT2D eigenvalue weighted by atomic mass is 9.70. The van der Waals surface area contributed by atoms with Crippen LogP contribution in [0.5, 0.6) is 0 Å². The molecule has 5 unspecified atom stereocenters. The van der Waals surface area contributed by atoms with Crippen molar-refractivity contribution in [2.24, 2.45) is 17.8 Å². The van der Waals surface area contributed by atoms with Crippen molar-refractivity contribution < 1.29 is 23.1 Å². The third-order valence-corrected chi connectivity index (χ3v) is 6.90. The summed E-state index contributed by atoms with van der Waals surface area (Å²) in [6.07, 6.45) is 2.81. The molecule has 5 atom stereocenters. The standard InChI is InChI=1S/C24H24FNO4/c1-13-10-18-19(11-14(13)2)30-23-20(22(18)27)21(15-5-7-16(25)8-6-15)26(24(23)28)12-17-4-3-9-29-17/h3-9,13-14,18-19,21H,10-12H2,1-2H3. The minimum atomic E-state index is -0.610. The molecule has 2 aromatic rings. The summed E-state index contributed by atoms with van der Waals surface area (Å²) in [5.41, 5.74) is 1.09. The van der Waals surface area contributed by atoms with Crippen LogP contribution < -0.4 is 0 Å². The van der Waals surface area contributed by atoms with Gasteiger partial charge >= 0.3 is 0 Å². The molecule has 0 saturated heterocycles. The first-order chi connectivity index (χ1) is 14.4. The van der Waals surface area contributed by atoms with Gasteiger partial charge in [-0.3, -0.25) is 9.59 Å².